The van der Waals surface area contributed by atoms with Crippen molar-refractivity contribution < 1.29 is 18.3 Å². The van der Waals surface area contributed by atoms with Crippen LogP contribution >= 0.6 is 0 Å². The molecule has 1 N–H and O–H groups in total. The van der Waals surface area contributed by atoms with Gasteiger partial charge in [-0.2, -0.15) is 13.2 Å². The Morgan fingerprint density at radius 3 is 1.80 bits per heavy atom. The zero-order chi connectivity index (χ0) is 7.99. The van der Waals surface area contributed by atoms with Crippen molar-refractivity contribution >= 4 is 0 Å². The molecule has 1 atom stereocenters. The lowest BCUT2D eigenvalue weighted by molar-refractivity contribution is -0.211. The first-order valence-corrected chi connectivity index (χ1v) is 3.15. The van der Waals surface area contributed by atoms with Crippen molar-refractivity contribution in [1.29, 1.82) is 0 Å². The van der Waals surface area contributed by atoms with Crippen LogP contribution in [0.4, 0.5) is 13.2 Å². The number of rotatable bonds is 1. The maximum absolute atomic E-state index is 12.0. The quantitative estimate of drug-likeness (QED) is 0.609. The van der Waals surface area contributed by atoms with E-state index in [-0.39, 0.29) is 12.8 Å². The van der Waals surface area contributed by atoms with Crippen LogP contribution < -0.4 is 0 Å². The van der Waals surface area contributed by atoms with Crippen molar-refractivity contribution in [3.05, 3.63) is 0 Å². The molecule has 0 heterocycles. The molecular formula is C6H9F3O. The van der Waals surface area contributed by atoms with Crippen LogP contribution in [-0.2, 0) is 0 Å². The van der Waals surface area contributed by atoms with Crippen LogP contribution in [0.25, 0.3) is 0 Å². The zero-order valence-corrected chi connectivity index (χ0v) is 5.57. The molecule has 1 aliphatic carbocycles. The molecule has 1 fully saturated rings. The van der Waals surface area contributed by atoms with E-state index in [4.69, 9.17) is 5.11 Å². The van der Waals surface area contributed by atoms with Crippen LogP contribution in [0.15, 0.2) is 0 Å². The molecule has 10 heavy (non-hydrogen) atoms. The van der Waals surface area contributed by atoms with E-state index in [0.29, 0.717) is 0 Å². The summed E-state index contributed by atoms with van der Waals surface area (Å²) < 4.78 is 36.0. The Balaban J connectivity index is 2.70. The molecule has 0 aromatic heterocycles. The summed E-state index contributed by atoms with van der Waals surface area (Å²) in [5, 5.41) is 8.76. The summed E-state index contributed by atoms with van der Waals surface area (Å²) in [4.78, 5) is 0. The first-order valence-electron chi connectivity index (χ1n) is 3.15. The summed E-state index contributed by atoms with van der Waals surface area (Å²) in [5.41, 5.74) is -1.76. The van der Waals surface area contributed by atoms with Crippen LogP contribution in [0.5, 0.6) is 0 Å². The third kappa shape index (κ3) is 0.905. The Morgan fingerprint density at radius 2 is 1.80 bits per heavy atom. The number of aliphatic hydroxyl groups excluding tert-OH is 1. The smallest absolute Gasteiger partial charge is 0.392 e. The summed E-state index contributed by atoms with van der Waals surface area (Å²) in [7, 11) is 0. The fraction of sp³-hybridized carbons (Fsp3) is 1.00. The predicted octanol–water partition coefficient (Wildman–Crippen LogP) is 1.71. The molecule has 1 nitrogen and oxygen atoms in total. The number of alkyl halides is 3. The summed E-state index contributed by atoms with van der Waals surface area (Å²) in [6.45, 7) is 1.19. The van der Waals surface area contributed by atoms with Crippen molar-refractivity contribution in [2.24, 2.45) is 5.41 Å². The normalized spacial score (nSPS) is 26.1. The van der Waals surface area contributed by atoms with E-state index in [2.05, 4.69) is 0 Å². The van der Waals surface area contributed by atoms with E-state index < -0.39 is 17.7 Å². The number of aliphatic hydroxyl groups is 1. The highest BCUT2D eigenvalue weighted by Crippen LogP contribution is 2.59. The van der Waals surface area contributed by atoms with Crippen molar-refractivity contribution in [3.8, 4) is 0 Å². The van der Waals surface area contributed by atoms with Crippen LogP contribution in [0.1, 0.15) is 19.8 Å². The third-order valence-corrected chi connectivity index (χ3v) is 2.15. The van der Waals surface area contributed by atoms with Gasteiger partial charge in [0.1, 0.15) is 0 Å². The lowest BCUT2D eigenvalue weighted by Gasteiger charge is -2.21. The molecule has 4 heteroatoms. The van der Waals surface area contributed by atoms with Crippen molar-refractivity contribution in [2.45, 2.75) is 32.0 Å². The molecule has 0 bridgehead atoms. The largest absolute Gasteiger partial charge is 0.396 e. The number of hydrogen-bond acceptors (Lipinski definition) is 1. The van der Waals surface area contributed by atoms with Crippen LogP contribution in [0.2, 0.25) is 0 Å². The SMILES string of the molecule is CC(O)C1(C(F)(F)F)CC1. The van der Waals surface area contributed by atoms with Crippen molar-refractivity contribution in [2.75, 3.05) is 0 Å². The molecule has 0 spiro atoms. The Kier molecular flexibility index (Phi) is 1.47. The average molecular weight is 154 g/mol. The predicted molar refractivity (Wildman–Crippen MR) is 29.4 cm³/mol. The van der Waals surface area contributed by atoms with Gasteiger partial charge in [0.2, 0.25) is 0 Å². The number of hydrogen-bond donors (Lipinski definition) is 1. The molecule has 1 unspecified atom stereocenters. The van der Waals surface area contributed by atoms with E-state index in [0.717, 1.165) is 0 Å². The van der Waals surface area contributed by atoms with Gasteiger partial charge in [-0.15, -0.1) is 0 Å². The monoisotopic (exact) mass is 154 g/mol. The molecular weight excluding hydrogens is 145 g/mol. The second-order valence-corrected chi connectivity index (χ2v) is 2.83. The molecule has 0 aromatic rings. The van der Waals surface area contributed by atoms with E-state index in [1.165, 1.54) is 6.92 Å². The molecule has 1 aliphatic rings. The Bertz CT molecular complexity index is 134. The lowest BCUT2D eigenvalue weighted by Crippen LogP contribution is -2.34. The molecule has 0 amide bonds. The Hall–Kier alpha value is -0.250. The van der Waals surface area contributed by atoms with Crippen LogP contribution in [-0.4, -0.2) is 17.4 Å². The Morgan fingerprint density at radius 1 is 1.40 bits per heavy atom. The van der Waals surface area contributed by atoms with Gasteiger partial charge < -0.3 is 5.11 Å². The molecule has 1 saturated carbocycles. The first-order chi connectivity index (χ1) is 4.40. The standard InChI is InChI=1S/C6H9F3O/c1-4(10)5(2-3-5)6(7,8)9/h4,10H,2-3H2,1H3. The second-order valence-electron chi connectivity index (χ2n) is 2.83. The Labute approximate surface area is 56.8 Å². The van der Waals surface area contributed by atoms with Gasteiger partial charge in [-0.3, -0.25) is 0 Å². The molecule has 1 rings (SSSR count). The van der Waals surface area contributed by atoms with Gasteiger partial charge in [0, 0.05) is 0 Å². The minimum atomic E-state index is -4.22. The highest BCUT2D eigenvalue weighted by molar-refractivity contribution is 5.02. The minimum absolute atomic E-state index is 0.0775. The van der Waals surface area contributed by atoms with Gasteiger partial charge in [-0.25, -0.2) is 0 Å². The molecule has 0 radical (unpaired) electrons. The van der Waals surface area contributed by atoms with E-state index in [9.17, 15) is 13.2 Å². The van der Waals surface area contributed by atoms with Crippen molar-refractivity contribution in [3.63, 3.8) is 0 Å². The first kappa shape index (κ1) is 7.85. The summed E-state index contributed by atoms with van der Waals surface area (Å²) >= 11 is 0. The van der Waals surface area contributed by atoms with Crippen LogP contribution in [0.3, 0.4) is 0 Å². The fourth-order valence-electron chi connectivity index (χ4n) is 1.07. The van der Waals surface area contributed by atoms with Gasteiger partial charge in [-0.05, 0) is 19.8 Å². The van der Waals surface area contributed by atoms with Gasteiger partial charge in [0.25, 0.3) is 0 Å². The molecule has 0 aromatic carbocycles. The molecule has 0 aliphatic heterocycles. The highest BCUT2D eigenvalue weighted by Gasteiger charge is 2.65. The van der Waals surface area contributed by atoms with Crippen molar-refractivity contribution in [1.82, 2.24) is 0 Å². The maximum Gasteiger partial charge on any atom is 0.396 e. The second kappa shape index (κ2) is 1.87. The number of halogens is 3. The van der Waals surface area contributed by atoms with Crippen LogP contribution in [0, 0.1) is 5.41 Å². The zero-order valence-electron chi connectivity index (χ0n) is 5.57. The minimum Gasteiger partial charge on any atom is -0.392 e. The van der Waals surface area contributed by atoms with Gasteiger partial charge in [0.15, 0.2) is 0 Å². The van der Waals surface area contributed by atoms with E-state index in [1.807, 2.05) is 0 Å². The van der Waals surface area contributed by atoms with Gasteiger partial charge in [-0.1, -0.05) is 0 Å². The van der Waals surface area contributed by atoms with E-state index >= 15 is 0 Å². The summed E-state index contributed by atoms with van der Waals surface area (Å²) in [6, 6.07) is 0. The fourth-order valence-corrected chi connectivity index (χ4v) is 1.07. The summed E-state index contributed by atoms with van der Waals surface area (Å²) in [6.07, 6.45) is -5.32. The third-order valence-electron chi connectivity index (χ3n) is 2.15. The highest BCUT2D eigenvalue weighted by atomic mass is 19.4. The lowest BCUT2D eigenvalue weighted by atomic mass is 10.0. The summed E-state index contributed by atoms with van der Waals surface area (Å²) in [5.74, 6) is 0. The van der Waals surface area contributed by atoms with Gasteiger partial charge in [0.05, 0.1) is 11.5 Å². The van der Waals surface area contributed by atoms with E-state index in [1.54, 1.807) is 0 Å². The molecule has 60 valence electrons. The topological polar surface area (TPSA) is 20.2 Å². The maximum atomic E-state index is 12.0. The van der Waals surface area contributed by atoms with Gasteiger partial charge >= 0.3 is 6.18 Å². The molecule has 0 saturated heterocycles. The average Bonchev–Trinajstić information content (AvgIpc) is 2.36.